The Balaban J connectivity index is 1.87. The molecule has 0 radical (unpaired) electrons. The van der Waals surface area contributed by atoms with Crippen LogP contribution in [-0.4, -0.2) is 36.9 Å². The van der Waals surface area contributed by atoms with Crippen molar-refractivity contribution >= 4 is 35.0 Å². The van der Waals surface area contributed by atoms with E-state index in [1.54, 1.807) is 49.5 Å². The van der Waals surface area contributed by atoms with Crippen LogP contribution in [0.1, 0.15) is 22.8 Å². The minimum Gasteiger partial charge on any atom is -0.494 e. The van der Waals surface area contributed by atoms with Gasteiger partial charge in [-0.05, 0) is 48.9 Å². The Bertz CT molecular complexity index is 779. The van der Waals surface area contributed by atoms with E-state index in [0.29, 0.717) is 34.5 Å². The van der Waals surface area contributed by atoms with E-state index in [1.807, 2.05) is 6.92 Å². The number of hydrogen-bond donors (Lipinski definition) is 1. The Labute approximate surface area is 162 Å². The van der Waals surface area contributed by atoms with Gasteiger partial charge in [0, 0.05) is 29.2 Å². The summed E-state index contributed by atoms with van der Waals surface area (Å²) in [5.74, 6) is 0.148. The first-order chi connectivity index (χ1) is 12.4. The van der Waals surface area contributed by atoms with Crippen LogP contribution in [0.3, 0.4) is 0 Å². The van der Waals surface area contributed by atoms with E-state index in [2.05, 4.69) is 5.32 Å². The summed E-state index contributed by atoms with van der Waals surface area (Å²) in [6.45, 7) is 2.67. The highest BCUT2D eigenvalue weighted by Crippen LogP contribution is 2.22. The minimum absolute atomic E-state index is 0.103. The number of carbonyl (C=O) groups excluding carboxylic acids is 2. The summed E-state index contributed by atoms with van der Waals surface area (Å²) < 4.78 is 5.33. The van der Waals surface area contributed by atoms with E-state index in [4.69, 9.17) is 27.9 Å². The molecule has 7 heteroatoms. The zero-order valence-corrected chi connectivity index (χ0v) is 16.1. The second kappa shape index (κ2) is 9.46. The Kier molecular flexibility index (Phi) is 7.30. The van der Waals surface area contributed by atoms with Gasteiger partial charge in [-0.1, -0.05) is 29.3 Å². The standard InChI is InChI=1S/C19H20Cl2N2O3/c1-3-26-16-8-5-13(6-9-16)19(25)22-11-18(24)23(2)12-14-4-7-15(20)10-17(14)21/h4-10H,3,11-12H2,1-2H3,(H,22,25). The normalized spacial score (nSPS) is 10.3. The lowest BCUT2D eigenvalue weighted by Crippen LogP contribution is -2.37. The first-order valence-electron chi connectivity index (χ1n) is 8.09. The molecular weight excluding hydrogens is 375 g/mol. The van der Waals surface area contributed by atoms with E-state index in [0.717, 1.165) is 5.56 Å². The summed E-state index contributed by atoms with van der Waals surface area (Å²) in [5, 5.41) is 3.65. The number of likely N-dealkylation sites (N-methyl/N-ethyl adjacent to an activating group) is 1. The number of ether oxygens (including phenoxy) is 1. The SMILES string of the molecule is CCOc1ccc(C(=O)NCC(=O)N(C)Cc2ccc(Cl)cc2Cl)cc1. The van der Waals surface area contributed by atoms with Crippen molar-refractivity contribution in [2.75, 3.05) is 20.2 Å². The lowest BCUT2D eigenvalue weighted by atomic mass is 10.2. The van der Waals surface area contributed by atoms with Gasteiger partial charge < -0.3 is 15.0 Å². The van der Waals surface area contributed by atoms with Gasteiger partial charge in [0.25, 0.3) is 5.91 Å². The van der Waals surface area contributed by atoms with Gasteiger partial charge in [-0.3, -0.25) is 9.59 Å². The fraction of sp³-hybridized carbons (Fsp3) is 0.263. The van der Waals surface area contributed by atoms with Crippen molar-refractivity contribution in [3.05, 3.63) is 63.6 Å². The molecule has 0 heterocycles. The maximum absolute atomic E-state index is 12.2. The van der Waals surface area contributed by atoms with Crippen LogP contribution < -0.4 is 10.1 Å². The summed E-state index contributed by atoms with van der Waals surface area (Å²) in [5.41, 5.74) is 1.24. The largest absolute Gasteiger partial charge is 0.494 e. The molecular formula is C19H20Cl2N2O3. The smallest absolute Gasteiger partial charge is 0.251 e. The number of halogens is 2. The number of rotatable bonds is 7. The molecule has 2 aromatic carbocycles. The maximum Gasteiger partial charge on any atom is 0.251 e. The van der Waals surface area contributed by atoms with E-state index in [1.165, 1.54) is 4.90 Å². The molecule has 0 spiro atoms. The molecule has 0 aliphatic rings. The van der Waals surface area contributed by atoms with Crippen LogP contribution in [0, 0.1) is 0 Å². The van der Waals surface area contributed by atoms with Crippen LogP contribution in [0.5, 0.6) is 5.75 Å². The van der Waals surface area contributed by atoms with Crippen molar-refractivity contribution in [1.82, 2.24) is 10.2 Å². The Morgan fingerprint density at radius 1 is 1.12 bits per heavy atom. The molecule has 0 aromatic heterocycles. The van der Waals surface area contributed by atoms with E-state index in [-0.39, 0.29) is 18.4 Å². The molecule has 0 aliphatic carbocycles. The molecule has 0 saturated heterocycles. The van der Waals surface area contributed by atoms with E-state index >= 15 is 0 Å². The number of nitrogens with zero attached hydrogens (tertiary/aromatic N) is 1. The van der Waals surface area contributed by atoms with Crippen LogP contribution in [-0.2, 0) is 11.3 Å². The molecule has 0 atom stereocenters. The number of hydrogen-bond acceptors (Lipinski definition) is 3. The number of nitrogens with one attached hydrogen (secondary N) is 1. The number of benzene rings is 2. The highest BCUT2D eigenvalue weighted by molar-refractivity contribution is 6.35. The van der Waals surface area contributed by atoms with Crippen molar-refractivity contribution in [2.45, 2.75) is 13.5 Å². The topological polar surface area (TPSA) is 58.6 Å². The molecule has 0 saturated carbocycles. The average Bonchev–Trinajstić information content (AvgIpc) is 2.62. The molecule has 0 fully saturated rings. The quantitative estimate of drug-likeness (QED) is 0.776. The van der Waals surface area contributed by atoms with Crippen molar-refractivity contribution in [2.24, 2.45) is 0 Å². The third kappa shape index (κ3) is 5.64. The first kappa shape index (κ1) is 20.1. The molecule has 2 aromatic rings. The molecule has 1 N–H and O–H groups in total. The Hall–Kier alpha value is -2.24. The minimum atomic E-state index is -0.320. The Morgan fingerprint density at radius 2 is 1.81 bits per heavy atom. The molecule has 2 amide bonds. The van der Waals surface area contributed by atoms with Crippen molar-refractivity contribution in [1.29, 1.82) is 0 Å². The fourth-order valence-electron chi connectivity index (χ4n) is 2.26. The summed E-state index contributed by atoms with van der Waals surface area (Å²) in [7, 11) is 1.65. The van der Waals surface area contributed by atoms with Gasteiger partial charge in [0.05, 0.1) is 13.2 Å². The van der Waals surface area contributed by atoms with Gasteiger partial charge in [-0.25, -0.2) is 0 Å². The maximum atomic E-state index is 12.2. The van der Waals surface area contributed by atoms with Crippen molar-refractivity contribution in [3.8, 4) is 5.75 Å². The molecule has 26 heavy (non-hydrogen) atoms. The molecule has 5 nitrogen and oxygen atoms in total. The average molecular weight is 395 g/mol. The molecule has 0 unspecified atom stereocenters. The Morgan fingerprint density at radius 3 is 2.42 bits per heavy atom. The third-order valence-corrected chi connectivity index (χ3v) is 4.26. The van der Waals surface area contributed by atoms with Crippen LogP contribution in [0.2, 0.25) is 10.0 Å². The summed E-state index contributed by atoms with van der Waals surface area (Å²) in [6, 6.07) is 11.9. The summed E-state index contributed by atoms with van der Waals surface area (Å²) in [4.78, 5) is 25.8. The lowest BCUT2D eigenvalue weighted by molar-refractivity contribution is -0.129. The molecule has 0 bridgehead atoms. The predicted molar refractivity (Wildman–Crippen MR) is 103 cm³/mol. The summed E-state index contributed by atoms with van der Waals surface area (Å²) in [6.07, 6.45) is 0. The van der Waals surface area contributed by atoms with Crippen LogP contribution in [0.25, 0.3) is 0 Å². The monoisotopic (exact) mass is 394 g/mol. The fourth-order valence-corrected chi connectivity index (χ4v) is 2.72. The van der Waals surface area contributed by atoms with Crippen LogP contribution in [0.15, 0.2) is 42.5 Å². The predicted octanol–water partition coefficient (Wildman–Crippen LogP) is 3.78. The second-order valence-electron chi connectivity index (χ2n) is 5.63. The van der Waals surface area contributed by atoms with E-state index < -0.39 is 0 Å². The van der Waals surface area contributed by atoms with Crippen LogP contribution in [0.4, 0.5) is 0 Å². The first-order valence-corrected chi connectivity index (χ1v) is 8.85. The van der Waals surface area contributed by atoms with Crippen LogP contribution >= 0.6 is 23.2 Å². The van der Waals surface area contributed by atoms with Crippen molar-refractivity contribution in [3.63, 3.8) is 0 Å². The summed E-state index contributed by atoms with van der Waals surface area (Å²) >= 11 is 12.0. The van der Waals surface area contributed by atoms with Gasteiger partial charge in [0.15, 0.2) is 0 Å². The van der Waals surface area contributed by atoms with Gasteiger partial charge in [0.2, 0.25) is 5.91 Å². The number of carbonyl (C=O) groups is 2. The second-order valence-corrected chi connectivity index (χ2v) is 6.47. The highest BCUT2D eigenvalue weighted by atomic mass is 35.5. The van der Waals surface area contributed by atoms with Gasteiger partial charge in [-0.2, -0.15) is 0 Å². The third-order valence-electron chi connectivity index (χ3n) is 3.68. The van der Waals surface area contributed by atoms with E-state index in [9.17, 15) is 9.59 Å². The molecule has 0 aliphatic heterocycles. The van der Waals surface area contributed by atoms with Gasteiger partial charge >= 0.3 is 0 Å². The van der Waals surface area contributed by atoms with Crippen molar-refractivity contribution < 1.29 is 14.3 Å². The molecule has 138 valence electrons. The molecule has 2 rings (SSSR count). The zero-order valence-electron chi connectivity index (χ0n) is 14.6. The highest BCUT2D eigenvalue weighted by Gasteiger charge is 2.13. The zero-order chi connectivity index (χ0) is 19.1. The lowest BCUT2D eigenvalue weighted by Gasteiger charge is -2.18. The van der Waals surface area contributed by atoms with Gasteiger partial charge in [0.1, 0.15) is 5.75 Å². The van der Waals surface area contributed by atoms with Gasteiger partial charge in [-0.15, -0.1) is 0 Å². The number of amides is 2.